The SMILES string of the molecule is CC1(C)C[C@H]2C[C@](C)(CN2C(=O)COc2ccc3nc4n(c(=O)c3c2)CCCCC4)C1. The lowest BCUT2D eigenvalue weighted by molar-refractivity contribution is -0.134. The molecule has 2 aliphatic heterocycles. The molecule has 2 atom stereocenters. The van der Waals surface area contributed by atoms with E-state index >= 15 is 0 Å². The van der Waals surface area contributed by atoms with E-state index < -0.39 is 0 Å². The largest absolute Gasteiger partial charge is 0.484 e. The van der Waals surface area contributed by atoms with Gasteiger partial charge in [0.1, 0.15) is 11.6 Å². The molecule has 6 nitrogen and oxygen atoms in total. The molecule has 31 heavy (non-hydrogen) atoms. The van der Waals surface area contributed by atoms with Crippen LogP contribution >= 0.6 is 0 Å². The molecule has 1 aromatic heterocycles. The third kappa shape index (κ3) is 3.85. The van der Waals surface area contributed by atoms with Crippen molar-refractivity contribution in [2.24, 2.45) is 10.8 Å². The summed E-state index contributed by atoms with van der Waals surface area (Å²) in [5.41, 5.74) is 1.20. The van der Waals surface area contributed by atoms with Gasteiger partial charge in [-0.3, -0.25) is 14.2 Å². The second-order valence-corrected chi connectivity index (χ2v) is 11.0. The van der Waals surface area contributed by atoms with E-state index in [0.717, 1.165) is 63.9 Å². The van der Waals surface area contributed by atoms with Crippen LogP contribution < -0.4 is 10.3 Å². The van der Waals surface area contributed by atoms with E-state index in [1.54, 1.807) is 6.07 Å². The Morgan fingerprint density at radius 2 is 2.03 bits per heavy atom. The van der Waals surface area contributed by atoms with Gasteiger partial charge in [0, 0.05) is 25.6 Å². The number of rotatable bonds is 3. The molecule has 2 aromatic rings. The Morgan fingerprint density at radius 3 is 2.87 bits per heavy atom. The minimum absolute atomic E-state index is 0.00201. The highest BCUT2D eigenvalue weighted by Gasteiger charge is 2.50. The van der Waals surface area contributed by atoms with Gasteiger partial charge in [-0.2, -0.15) is 0 Å². The number of carbonyl (C=O) groups is 1. The highest BCUT2D eigenvalue weighted by molar-refractivity contribution is 5.80. The van der Waals surface area contributed by atoms with Gasteiger partial charge in [0.05, 0.1) is 10.9 Å². The van der Waals surface area contributed by atoms with E-state index in [4.69, 9.17) is 9.72 Å². The van der Waals surface area contributed by atoms with E-state index in [2.05, 4.69) is 20.8 Å². The molecular formula is C25H33N3O3. The molecule has 1 aliphatic carbocycles. The van der Waals surface area contributed by atoms with E-state index in [1.165, 1.54) is 0 Å². The summed E-state index contributed by atoms with van der Waals surface area (Å²) in [6.07, 6.45) is 7.37. The zero-order chi connectivity index (χ0) is 21.8. The molecule has 0 N–H and O–H groups in total. The molecule has 3 aliphatic rings. The fraction of sp³-hybridized carbons (Fsp3) is 0.640. The number of nitrogens with zero attached hydrogens (tertiary/aromatic N) is 3. The molecule has 166 valence electrons. The molecule has 2 bridgehead atoms. The van der Waals surface area contributed by atoms with Crippen LogP contribution in [-0.4, -0.2) is 39.6 Å². The average Bonchev–Trinajstić information content (AvgIpc) is 2.84. The molecule has 6 heteroatoms. The van der Waals surface area contributed by atoms with Gasteiger partial charge in [0.2, 0.25) is 0 Å². The standard InChI is InChI=1S/C25H33N3O3/c1-24(2)12-17-13-25(3,15-24)16-28(17)22(29)14-31-18-8-9-20-19(11-18)23(30)27-10-6-4-5-7-21(27)26-20/h8-9,11,17H,4-7,10,12-16H2,1-3H3/t17-,25-/m0/s1. The summed E-state index contributed by atoms with van der Waals surface area (Å²) < 4.78 is 7.69. The second kappa shape index (κ2) is 7.35. The van der Waals surface area contributed by atoms with Crippen molar-refractivity contribution >= 4 is 16.8 Å². The van der Waals surface area contributed by atoms with Gasteiger partial charge >= 0.3 is 0 Å². The van der Waals surface area contributed by atoms with Crippen molar-refractivity contribution < 1.29 is 9.53 Å². The molecule has 2 fully saturated rings. The molecule has 1 aromatic carbocycles. The molecular weight excluding hydrogens is 390 g/mol. The summed E-state index contributed by atoms with van der Waals surface area (Å²) in [6.45, 7) is 8.49. The van der Waals surface area contributed by atoms with Crippen molar-refractivity contribution in [2.75, 3.05) is 13.2 Å². The lowest BCUT2D eigenvalue weighted by Crippen LogP contribution is -2.40. The lowest BCUT2D eigenvalue weighted by atomic mass is 9.65. The van der Waals surface area contributed by atoms with Gasteiger partial charge in [-0.25, -0.2) is 4.98 Å². The number of hydrogen-bond donors (Lipinski definition) is 0. The number of amides is 1. The topological polar surface area (TPSA) is 64.4 Å². The number of fused-ring (bicyclic) bond motifs is 4. The quantitative estimate of drug-likeness (QED) is 0.750. The maximum absolute atomic E-state index is 13.0. The van der Waals surface area contributed by atoms with Crippen LogP contribution in [0.3, 0.4) is 0 Å². The van der Waals surface area contributed by atoms with Crippen LogP contribution in [0.15, 0.2) is 23.0 Å². The summed E-state index contributed by atoms with van der Waals surface area (Å²) >= 11 is 0. The van der Waals surface area contributed by atoms with E-state index in [0.29, 0.717) is 22.7 Å². The lowest BCUT2D eigenvalue weighted by Gasteiger charge is -2.39. The summed E-state index contributed by atoms with van der Waals surface area (Å²) in [7, 11) is 0. The zero-order valence-electron chi connectivity index (χ0n) is 18.9. The van der Waals surface area contributed by atoms with Crippen LogP contribution in [0.1, 0.15) is 65.1 Å². The number of ether oxygens (including phenoxy) is 1. The summed E-state index contributed by atoms with van der Waals surface area (Å²) in [5, 5.41) is 0.571. The summed E-state index contributed by atoms with van der Waals surface area (Å²) in [5.74, 6) is 1.49. The molecule has 0 spiro atoms. The zero-order valence-corrected chi connectivity index (χ0v) is 18.9. The molecule has 1 saturated heterocycles. The highest BCUT2D eigenvalue weighted by atomic mass is 16.5. The van der Waals surface area contributed by atoms with Gasteiger partial charge in [-0.15, -0.1) is 0 Å². The van der Waals surface area contributed by atoms with Gasteiger partial charge in [0.25, 0.3) is 11.5 Å². The van der Waals surface area contributed by atoms with Crippen molar-refractivity contribution in [2.45, 2.75) is 78.3 Å². The first-order chi connectivity index (χ1) is 14.7. The third-order valence-electron chi connectivity index (χ3n) is 7.38. The van der Waals surface area contributed by atoms with Crippen molar-refractivity contribution in [3.63, 3.8) is 0 Å². The van der Waals surface area contributed by atoms with Gasteiger partial charge in [-0.1, -0.05) is 27.2 Å². The Bertz CT molecular complexity index is 1090. The second-order valence-electron chi connectivity index (χ2n) is 11.0. The number of aromatic nitrogens is 2. The smallest absolute Gasteiger partial charge is 0.261 e. The van der Waals surface area contributed by atoms with Crippen molar-refractivity contribution in [1.29, 1.82) is 0 Å². The van der Waals surface area contributed by atoms with Gasteiger partial charge < -0.3 is 9.64 Å². The minimum Gasteiger partial charge on any atom is -0.484 e. The van der Waals surface area contributed by atoms with Crippen LogP contribution in [0.25, 0.3) is 10.9 Å². The van der Waals surface area contributed by atoms with E-state index in [1.807, 2.05) is 21.6 Å². The average molecular weight is 424 g/mol. The Hall–Kier alpha value is -2.37. The van der Waals surface area contributed by atoms with Crippen molar-refractivity contribution in [1.82, 2.24) is 14.5 Å². The number of likely N-dealkylation sites (tertiary alicyclic amines) is 1. The minimum atomic E-state index is 0.00201. The molecule has 0 radical (unpaired) electrons. The Balaban J connectivity index is 1.33. The molecule has 1 amide bonds. The van der Waals surface area contributed by atoms with Crippen LogP contribution in [0, 0.1) is 10.8 Å². The molecule has 0 unspecified atom stereocenters. The Kier molecular flexibility index (Phi) is 4.87. The predicted molar refractivity (Wildman–Crippen MR) is 120 cm³/mol. The molecule has 1 saturated carbocycles. The third-order valence-corrected chi connectivity index (χ3v) is 7.38. The van der Waals surface area contributed by atoms with Gasteiger partial charge in [0.15, 0.2) is 6.61 Å². The number of aryl methyl sites for hydroxylation is 1. The van der Waals surface area contributed by atoms with E-state index in [-0.39, 0.29) is 28.9 Å². The molecule has 5 rings (SSSR count). The van der Waals surface area contributed by atoms with Crippen molar-refractivity contribution in [3.05, 3.63) is 34.4 Å². The first kappa shape index (κ1) is 20.5. The number of benzene rings is 1. The highest BCUT2D eigenvalue weighted by Crippen LogP contribution is 2.52. The normalized spacial score (nSPS) is 27.1. The fourth-order valence-corrected chi connectivity index (χ4v) is 6.47. The summed E-state index contributed by atoms with van der Waals surface area (Å²) in [6, 6.07) is 5.73. The maximum Gasteiger partial charge on any atom is 0.261 e. The first-order valence-electron chi connectivity index (χ1n) is 11.7. The monoisotopic (exact) mass is 423 g/mol. The fourth-order valence-electron chi connectivity index (χ4n) is 6.47. The van der Waals surface area contributed by atoms with E-state index in [9.17, 15) is 9.59 Å². The number of hydrogen-bond acceptors (Lipinski definition) is 4. The maximum atomic E-state index is 13.0. The Morgan fingerprint density at radius 1 is 1.19 bits per heavy atom. The predicted octanol–water partition coefficient (Wildman–Crippen LogP) is 3.93. The van der Waals surface area contributed by atoms with Crippen LogP contribution in [-0.2, 0) is 17.8 Å². The molecule has 3 heterocycles. The summed E-state index contributed by atoms with van der Waals surface area (Å²) in [4.78, 5) is 32.8. The Labute approximate surface area is 183 Å². The van der Waals surface area contributed by atoms with Gasteiger partial charge in [-0.05, 0) is 61.1 Å². The first-order valence-corrected chi connectivity index (χ1v) is 11.7. The van der Waals surface area contributed by atoms with Crippen LogP contribution in [0.4, 0.5) is 0 Å². The van der Waals surface area contributed by atoms with Crippen molar-refractivity contribution in [3.8, 4) is 5.75 Å². The van der Waals surface area contributed by atoms with Crippen LogP contribution in [0.2, 0.25) is 0 Å². The number of carbonyl (C=O) groups excluding carboxylic acids is 1. The van der Waals surface area contributed by atoms with Crippen LogP contribution in [0.5, 0.6) is 5.75 Å².